The van der Waals surface area contributed by atoms with Crippen molar-refractivity contribution in [3.63, 3.8) is 0 Å². The van der Waals surface area contributed by atoms with Crippen LogP contribution in [0.3, 0.4) is 0 Å². The molecule has 29 heavy (non-hydrogen) atoms. The number of methoxy groups -OCH3 is 1. The Hall–Kier alpha value is -2.84. The van der Waals surface area contributed by atoms with Gasteiger partial charge in [0.05, 0.1) is 23.9 Å². The predicted octanol–water partition coefficient (Wildman–Crippen LogP) is 4.57. The van der Waals surface area contributed by atoms with Gasteiger partial charge < -0.3 is 4.74 Å². The smallest absolute Gasteiger partial charge is 0.260 e. The maximum atomic E-state index is 13.4. The molecule has 4 rings (SSSR count). The van der Waals surface area contributed by atoms with Crippen molar-refractivity contribution in [1.29, 1.82) is 0 Å². The Morgan fingerprint density at radius 3 is 2.90 bits per heavy atom. The van der Waals surface area contributed by atoms with Gasteiger partial charge in [0, 0.05) is 29.4 Å². The van der Waals surface area contributed by atoms with Gasteiger partial charge in [-0.15, -0.1) is 11.8 Å². The molecule has 4 aromatic rings. The van der Waals surface area contributed by atoms with Crippen LogP contribution in [0.15, 0.2) is 65.8 Å². The van der Waals surface area contributed by atoms with Gasteiger partial charge in [-0.3, -0.25) is 14.4 Å². The maximum absolute atomic E-state index is 13.4. The number of thioether (sulfide) groups is 1. The zero-order valence-electron chi connectivity index (χ0n) is 16.1. The van der Waals surface area contributed by atoms with Crippen LogP contribution in [-0.4, -0.2) is 40.6 Å². The number of amides is 1. The first-order chi connectivity index (χ1) is 14.2. The number of fused-ring (bicyclic) bond motifs is 1. The molecular weight excluding hydrogens is 404 g/mol. The zero-order chi connectivity index (χ0) is 20.2. The van der Waals surface area contributed by atoms with E-state index < -0.39 is 0 Å². The van der Waals surface area contributed by atoms with E-state index in [2.05, 4.69) is 5.10 Å². The molecule has 2 heterocycles. The van der Waals surface area contributed by atoms with Crippen LogP contribution in [0.1, 0.15) is 10.4 Å². The van der Waals surface area contributed by atoms with Crippen molar-refractivity contribution in [2.75, 3.05) is 24.8 Å². The highest BCUT2D eigenvalue weighted by molar-refractivity contribution is 7.98. The molecule has 148 valence electrons. The average molecular weight is 425 g/mol. The van der Waals surface area contributed by atoms with Gasteiger partial charge in [0.2, 0.25) is 0 Å². The number of nitrogens with zero attached hydrogens (tertiary/aromatic N) is 4. The molecule has 0 saturated heterocycles. The normalized spacial score (nSPS) is 11.0. The summed E-state index contributed by atoms with van der Waals surface area (Å²) < 4.78 is 8.11. The van der Waals surface area contributed by atoms with Crippen LogP contribution in [0, 0.1) is 0 Å². The van der Waals surface area contributed by atoms with Gasteiger partial charge >= 0.3 is 0 Å². The molecule has 0 atom stereocenters. The Bertz CT molecular complexity index is 1120. The summed E-state index contributed by atoms with van der Waals surface area (Å²) >= 11 is 3.10. The van der Waals surface area contributed by atoms with Gasteiger partial charge in [0.1, 0.15) is 5.75 Å². The summed E-state index contributed by atoms with van der Waals surface area (Å²) in [7, 11) is 1.64. The van der Waals surface area contributed by atoms with Crippen LogP contribution in [-0.2, 0) is 6.54 Å². The molecule has 0 bridgehead atoms. The number of thiazole rings is 1. The number of ether oxygens (including phenoxy) is 1. The van der Waals surface area contributed by atoms with Crippen LogP contribution < -0.4 is 9.64 Å². The molecule has 0 N–H and O–H groups in total. The van der Waals surface area contributed by atoms with E-state index in [1.807, 2.05) is 65.7 Å². The van der Waals surface area contributed by atoms with Crippen molar-refractivity contribution in [2.45, 2.75) is 11.4 Å². The first kappa shape index (κ1) is 19.5. The van der Waals surface area contributed by atoms with E-state index in [0.29, 0.717) is 23.8 Å². The van der Waals surface area contributed by atoms with E-state index >= 15 is 0 Å². The second kappa shape index (κ2) is 8.67. The minimum absolute atomic E-state index is 0.0703. The van der Waals surface area contributed by atoms with Gasteiger partial charge in [-0.05, 0) is 48.7 Å². The maximum Gasteiger partial charge on any atom is 0.260 e. The molecule has 0 aliphatic carbocycles. The van der Waals surface area contributed by atoms with E-state index in [1.54, 1.807) is 30.0 Å². The highest BCUT2D eigenvalue weighted by atomic mass is 32.2. The lowest BCUT2D eigenvalue weighted by molar-refractivity contribution is 0.0985. The largest absolute Gasteiger partial charge is 0.497 e. The zero-order valence-corrected chi connectivity index (χ0v) is 17.7. The molecule has 0 aliphatic rings. The van der Waals surface area contributed by atoms with Crippen molar-refractivity contribution in [1.82, 2.24) is 14.8 Å². The highest BCUT2D eigenvalue weighted by Gasteiger charge is 2.22. The number of hydrogen-bond acceptors (Lipinski definition) is 6. The molecule has 0 unspecified atom stereocenters. The summed E-state index contributed by atoms with van der Waals surface area (Å²) in [5, 5.41) is 4.92. The Morgan fingerprint density at radius 2 is 2.14 bits per heavy atom. The van der Waals surface area contributed by atoms with Crippen molar-refractivity contribution in [3.05, 3.63) is 66.5 Å². The van der Waals surface area contributed by atoms with Crippen LogP contribution >= 0.6 is 23.1 Å². The molecule has 0 spiro atoms. The van der Waals surface area contributed by atoms with Crippen molar-refractivity contribution in [3.8, 4) is 5.75 Å². The molecule has 8 heteroatoms. The molecule has 1 amide bonds. The van der Waals surface area contributed by atoms with Crippen molar-refractivity contribution in [2.24, 2.45) is 0 Å². The lowest BCUT2D eigenvalue weighted by Gasteiger charge is -2.20. The average Bonchev–Trinajstić information content (AvgIpc) is 3.43. The topological polar surface area (TPSA) is 60.2 Å². The fraction of sp³-hybridized carbons (Fsp3) is 0.190. The standard InChI is InChI=1S/C21H20N4O2S2/c1-27-16-7-8-18-19(14-16)29-21(23-18)25(12-11-24-10-4-9-22-24)20(26)15-5-3-6-17(13-15)28-2/h3-10,13-14H,11-12H2,1-2H3. The number of anilines is 1. The van der Waals surface area contributed by atoms with Crippen LogP contribution in [0.25, 0.3) is 10.2 Å². The third kappa shape index (κ3) is 4.28. The Kier molecular flexibility index (Phi) is 5.82. The second-order valence-corrected chi connectivity index (χ2v) is 8.18. The van der Waals surface area contributed by atoms with Gasteiger partial charge in [0.15, 0.2) is 5.13 Å². The third-order valence-corrected chi connectivity index (χ3v) is 6.26. The molecule has 0 aliphatic heterocycles. The number of aromatic nitrogens is 3. The summed E-state index contributed by atoms with van der Waals surface area (Å²) in [5.74, 6) is 0.703. The van der Waals surface area contributed by atoms with Crippen molar-refractivity contribution < 1.29 is 9.53 Å². The summed E-state index contributed by atoms with van der Waals surface area (Å²) in [5.41, 5.74) is 1.50. The van der Waals surface area contributed by atoms with E-state index in [9.17, 15) is 4.79 Å². The lowest BCUT2D eigenvalue weighted by atomic mass is 10.2. The Balaban J connectivity index is 1.70. The van der Waals surface area contributed by atoms with E-state index in [1.165, 1.54) is 11.3 Å². The minimum atomic E-state index is -0.0703. The van der Waals surface area contributed by atoms with Gasteiger partial charge in [-0.2, -0.15) is 5.10 Å². The van der Waals surface area contributed by atoms with E-state index in [0.717, 1.165) is 20.9 Å². The molecule has 0 fully saturated rings. The third-order valence-electron chi connectivity index (χ3n) is 4.49. The molecule has 2 aromatic heterocycles. The summed E-state index contributed by atoms with van der Waals surface area (Å²) in [4.78, 5) is 20.9. The quantitative estimate of drug-likeness (QED) is 0.407. The molecule has 2 aromatic carbocycles. The number of benzene rings is 2. The molecular formula is C21H20N4O2S2. The minimum Gasteiger partial charge on any atom is -0.497 e. The monoisotopic (exact) mass is 424 g/mol. The lowest BCUT2D eigenvalue weighted by Crippen LogP contribution is -2.34. The predicted molar refractivity (Wildman–Crippen MR) is 118 cm³/mol. The van der Waals surface area contributed by atoms with E-state index in [4.69, 9.17) is 9.72 Å². The first-order valence-corrected chi connectivity index (χ1v) is 11.1. The molecule has 6 nitrogen and oxygen atoms in total. The van der Waals surface area contributed by atoms with Crippen molar-refractivity contribution >= 4 is 44.4 Å². The van der Waals surface area contributed by atoms with Crippen LogP contribution in [0.2, 0.25) is 0 Å². The second-order valence-electron chi connectivity index (χ2n) is 6.29. The number of carbonyl (C=O) groups excluding carboxylic acids is 1. The fourth-order valence-corrected chi connectivity index (χ4v) is 4.44. The molecule has 0 saturated carbocycles. The highest BCUT2D eigenvalue weighted by Crippen LogP contribution is 2.32. The van der Waals surface area contributed by atoms with Crippen LogP contribution in [0.4, 0.5) is 5.13 Å². The van der Waals surface area contributed by atoms with Gasteiger partial charge in [0.25, 0.3) is 5.91 Å². The summed E-state index contributed by atoms with van der Waals surface area (Å²) in [6.07, 6.45) is 5.62. The number of rotatable bonds is 7. The first-order valence-electron chi connectivity index (χ1n) is 9.06. The SMILES string of the molecule is COc1ccc2nc(N(CCn3cccn3)C(=O)c3cccc(SC)c3)sc2c1. The number of carbonyl (C=O) groups is 1. The van der Waals surface area contributed by atoms with Gasteiger partial charge in [-0.1, -0.05) is 17.4 Å². The summed E-state index contributed by atoms with van der Waals surface area (Å²) in [6, 6.07) is 15.3. The van der Waals surface area contributed by atoms with E-state index in [-0.39, 0.29) is 5.91 Å². The van der Waals surface area contributed by atoms with Crippen LogP contribution in [0.5, 0.6) is 5.75 Å². The van der Waals surface area contributed by atoms with Gasteiger partial charge in [-0.25, -0.2) is 4.98 Å². The fourth-order valence-electron chi connectivity index (χ4n) is 2.97. The summed E-state index contributed by atoms with van der Waals surface area (Å²) in [6.45, 7) is 1.06. The Labute approximate surface area is 177 Å². The Morgan fingerprint density at radius 1 is 1.24 bits per heavy atom. The number of hydrogen-bond donors (Lipinski definition) is 0. The molecule has 0 radical (unpaired) electrons.